The van der Waals surface area contributed by atoms with E-state index < -0.39 is 5.82 Å². The number of carbonyl (C=O) groups excluding carboxylic acids is 2. The third-order valence-electron chi connectivity index (χ3n) is 5.67. The van der Waals surface area contributed by atoms with Crippen molar-refractivity contribution in [3.63, 3.8) is 0 Å². The molecule has 0 aliphatic carbocycles. The topological polar surface area (TPSA) is 62.3 Å². The number of hydrogen-bond donors (Lipinski definition) is 1. The molecule has 172 valence electrons. The van der Waals surface area contributed by atoms with Crippen LogP contribution in [0, 0.1) is 11.6 Å². The monoisotopic (exact) mass is 489 g/mol. The highest BCUT2D eigenvalue weighted by molar-refractivity contribution is 7.09. The van der Waals surface area contributed by atoms with Gasteiger partial charge in [-0.1, -0.05) is 29.8 Å². The number of nitrogens with zero attached hydrogens (tertiary/aromatic N) is 2. The Morgan fingerprint density at radius 1 is 1.12 bits per heavy atom. The molecule has 0 unspecified atom stereocenters. The summed E-state index contributed by atoms with van der Waals surface area (Å²) >= 11 is 7.17. The van der Waals surface area contributed by atoms with E-state index in [-0.39, 0.29) is 36.5 Å². The zero-order valence-corrected chi connectivity index (χ0v) is 19.3. The fraction of sp³-hybridized carbons (Fsp3) is 0.292. The van der Waals surface area contributed by atoms with Crippen LogP contribution in [0.3, 0.4) is 0 Å². The zero-order valence-electron chi connectivity index (χ0n) is 17.7. The molecular formula is C24H22ClF2N3O2S. The van der Waals surface area contributed by atoms with Gasteiger partial charge in [-0.25, -0.2) is 13.8 Å². The minimum Gasteiger partial charge on any atom is -0.346 e. The van der Waals surface area contributed by atoms with Crippen LogP contribution in [-0.2, 0) is 17.8 Å². The van der Waals surface area contributed by atoms with E-state index in [9.17, 15) is 18.4 Å². The number of aromatic nitrogens is 1. The molecule has 4 rings (SSSR count). The van der Waals surface area contributed by atoms with Gasteiger partial charge in [0.1, 0.15) is 17.3 Å². The molecule has 1 saturated heterocycles. The van der Waals surface area contributed by atoms with Crippen LogP contribution in [0.25, 0.3) is 0 Å². The normalized spacial score (nSPS) is 14.3. The average molecular weight is 490 g/mol. The van der Waals surface area contributed by atoms with Crippen LogP contribution >= 0.6 is 22.9 Å². The van der Waals surface area contributed by atoms with Crippen molar-refractivity contribution in [2.45, 2.75) is 31.7 Å². The number of piperidine rings is 1. The SMILES string of the molecule is O=C(NCc1ccc(Cl)cc1F)c1csc(C2CCN(C(=O)Cc3ccc(F)cc3)CC2)n1. The summed E-state index contributed by atoms with van der Waals surface area (Å²) in [5, 5.41) is 5.55. The van der Waals surface area contributed by atoms with E-state index in [1.54, 1.807) is 23.6 Å². The lowest BCUT2D eigenvalue weighted by Gasteiger charge is -2.31. The van der Waals surface area contributed by atoms with Gasteiger partial charge in [0.05, 0.1) is 11.4 Å². The standard InChI is InChI=1S/C24H22ClF2N3O2S/c25-18-4-3-17(20(27)12-18)13-28-23(32)21-14-33-24(29-21)16-7-9-30(10-8-16)22(31)11-15-1-5-19(26)6-2-15/h1-6,12,14,16H,7-11,13H2,(H,28,32). The zero-order chi connectivity index (χ0) is 23.4. The van der Waals surface area contributed by atoms with Crippen molar-refractivity contribution in [2.75, 3.05) is 13.1 Å². The summed E-state index contributed by atoms with van der Waals surface area (Å²) in [4.78, 5) is 31.3. The Morgan fingerprint density at radius 2 is 1.85 bits per heavy atom. The van der Waals surface area contributed by atoms with Crippen LogP contribution in [0.5, 0.6) is 0 Å². The van der Waals surface area contributed by atoms with E-state index in [2.05, 4.69) is 10.3 Å². The molecule has 9 heteroatoms. The summed E-state index contributed by atoms with van der Waals surface area (Å²) in [6, 6.07) is 10.3. The molecule has 1 aliphatic heterocycles. The van der Waals surface area contributed by atoms with Gasteiger partial charge in [0.15, 0.2) is 0 Å². The second-order valence-corrected chi connectivity index (χ2v) is 9.27. The molecule has 0 spiro atoms. The summed E-state index contributed by atoms with van der Waals surface area (Å²) in [5.41, 5.74) is 1.44. The lowest BCUT2D eigenvalue weighted by atomic mass is 9.97. The quantitative estimate of drug-likeness (QED) is 0.532. The highest BCUT2D eigenvalue weighted by atomic mass is 35.5. The van der Waals surface area contributed by atoms with Gasteiger partial charge in [0.2, 0.25) is 5.91 Å². The molecule has 2 aromatic carbocycles. The first-order valence-electron chi connectivity index (χ1n) is 10.6. The third kappa shape index (κ3) is 5.94. The van der Waals surface area contributed by atoms with Gasteiger partial charge >= 0.3 is 0 Å². The Hall–Kier alpha value is -2.84. The van der Waals surface area contributed by atoms with Gasteiger partial charge in [0.25, 0.3) is 5.91 Å². The first kappa shape index (κ1) is 23.3. The molecule has 2 amide bonds. The number of nitrogens with one attached hydrogen (secondary N) is 1. The highest BCUT2D eigenvalue weighted by Gasteiger charge is 2.26. The molecule has 0 atom stereocenters. The predicted molar refractivity (Wildman–Crippen MR) is 123 cm³/mol. The Kier molecular flexibility index (Phi) is 7.35. The Balaban J connectivity index is 1.28. The van der Waals surface area contributed by atoms with E-state index >= 15 is 0 Å². The number of hydrogen-bond acceptors (Lipinski definition) is 4. The van der Waals surface area contributed by atoms with E-state index in [1.165, 1.54) is 35.6 Å². The van der Waals surface area contributed by atoms with Crippen LogP contribution in [0.1, 0.15) is 45.4 Å². The number of halogens is 3. The molecule has 1 N–H and O–H groups in total. The van der Waals surface area contributed by atoms with Gasteiger partial charge in [-0.15, -0.1) is 11.3 Å². The molecular weight excluding hydrogens is 468 g/mol. The summed E-state index contributed by atoms with van der Waals surface area (Å²) in [6.45, 7) is 1.27. The molecule has 5 nitrogen and oxygen atoms in total. The molecule has 33 heavy (non-hydrogen) atoms. The summed E-state index contributed by atoms with van der Waals surface area (Å²) in [5.74, 6) is -0.948. The number of thiazole rings is 1. The van der Waals surface area contributed by atoms with E-state index in [0.717, 1.165) is 23.4 Å². The minimum absolute atomic E-state index is 0.0219. The molecule has 0 radical (unpaired) electrons. The molecule has 1 aromatic heterocycles. The number of carbonyl (C=O) groups is 2. The Morgan fingerprint density at radius 3 is 2.55 bits per heavy atom. The second kappa shape index (κ2) is 10.4. The molecule has 3 aromatic rings. The number of amides is 2. The average Bonchev–Trinajstić information content (AvgIpc) is 3.30. The summed E-state index contributed by atoms with van der Waals surface area (Å²) in [6.07, 6.45) is 1.78. The molecule has 2 heterocycles. The second-order valence-electron chi connectivity index (χ2n) is 7.95. The van der Waals surface area contributed by atoms with Crippen LogP contribution in [0.4, 0.5) is 8.78 Å². The van der Waals surface area contributed by atoms with Gasteiger partial charge in [-0.05, 0) is 42.7 Å². The van der Waals surface area contributed by atoms with Crippen molar-refractivity contribution in [3.8, 4) is 0 Å². The molecule has 0 saturated carbocycles. The molecule has 0 bridgehead atoms. The van der Waals surface area contributed by atoms with E-state index in [4.69, 9.17) is 11.6 Å². The largest absolute Gasteiger partial charge is 0.346 e. The van der Waals surface area contributed by atoms with Crippen molar-refractivity contribution in [1.29, 1.82) is 0 Å². The van der Waals surface area contributed by atoms with Crippen molar-refractivity contribution in [3.05, 3.63) is 86.3 Å². The number of rotatable bonds is 6. The summed E-state index contributed by atoms with van der Waals surface area (Å²) < 4.78 is 26.9. The van der Waals surface area contributed by atoms with Gasteiger partial charge in [-0.3, -0.25) is 9.59 Å². The van der Waals surface area contributed by atoms with Crippen LogP contribution < -0.4 is 5.32 Å². The molecule has 1 fully saturated rings. The number of benzene rings is 2. The number of likely N-dealkylation sites (tertiary alicyclic amines) is 1. The fourth-order valence-corrected chi connectivity index (χ4v) is 4.91. The van der Waals surface area contributed by atoms with Crippen molar-refractivity contribution < 1.29 is 18.4 Å². The lowest BCUT2D eigenvalue weighted by molar-refractivity contribution is -0.131. The van der Waals surface area contributed by atoms with Gasteiger partial charge < -0.3 is 10.2 Å². The highest BCUT2D eigenvalue weighted by Crippen LogP contribution is 2.30. The fourth-order valence-electron chi connectivity index (χ4n) is 3.78. The minimum atomic E-state index is -0.470. The van der Waals surface area contributed by atoms with Crippen molar-refractivity contribution in [1.82, 2.24) is 15.2 Å². The lowest BCUT2D eigenvalue weighted by Crippen LogP contribution is -2.38. The van der Waals surface area contributed by atoms with E-state index in [1.807, 2.05) is 4.90 Å². The Bertz CT molecular complexity index is 1140. The van der Waals surface area contributed by atoms with E-state index in [0.29, 0.717) is 29.4 Å². The van der Waals surface area contributed by atoms with Gasteiger partial charge in [0, 0.05) is 41.5 Å². The maximum atomic E-state index is 13.9. The maximum absolute atomic E-state index is 13.9. The first-order valence-corrected chi connectivity index (χ1v) is 11.8. The van der Waals surface area contributed by atoms with Crippen LogP contribution in [0.2, 0.25) is 5.02 Å². The van der Waals surface area contributed by atoms with Crippen molar-refractivity contribution >= 4 is 34.8 Å². The predicted octanol–water partition coefficient (Wildman–Crippen LogP) is 4.95. The van der Waals surface area contributed by atoms with Crippen molar-refractivity contribution in [2.24, 2.45) is 0 Å². The van der Waals surface area contributed by atoms with Crippen LogP contribution in [0.15, 0.2) is 47.8 Å². The van der Waals surface area contributed by atoms with Crippen LogP contribution in [-0.4, -0.2) is 34.8 Å². The molecule has 1 aliphatic rings. The Labute approximate surface area is 199 Å². The summed E-state index contributed by atoms with van der Waals surface area (Å²) in [7, 11) is 0. The maximum Gasteiger partial charge on any atom is 0.271 e. The van der Waals surface area contributed by atoms with Gasteiger partial charge in [-0.2, -0.15) is 0 Å². The smallest absolute Gasteiger partial charge is 0.271 e. The first-order chi connectivity index (χ1) is 15.9. The third-order valence-corrected chi connectivity index (χ3v) is 6.92.